The molecule has 2 aliphatic rings. The maximum Gasteiger partial charge on any atom is 0.234 e. The Hall–Kier alpha value is -1.40. The molecule has 1 saturated heterocycles. The topological polar surface area (TPSA) is 63.6 Å². The monoisotopic (exact) mass is 281 g/mol. The highest BCUT2D eigenvalue weighted by atomic mass is 16.5. The third kappa shape index (κ3) is 4.31. The van der Waals surface area contributed by atoms with Gasteiger partial charge in [-0.2, -0.15) is 5.06 Å². The minimum absolute atomic E-state index is 0.0336. The lowest BCUT2D eigenvalue weighted by Crippen LogP contribution is -2.34. The normalized spacial score (nSPS) is 23.3. The van der Waals surface area contributed by atoms with Gasteiger partial charge in [0.25, 0.3) is 0 Å². The summed E-state index contributed by atoms with van der Waals surface area (Å²) in [5.74, 6) is 0. The summed E-state index contributed by atoms with van der Waals surface area (Å²) >= 11 is 0. The van der Waals surface area contributed by atoms with Crippen LogP contribution in [0.2, 0.25) is 0 Å². The highest BCUT2D eigenvalue weighted by molar-refractivity contribution is 5.10. The van der Waals surface area contributed by atoms with E-state index in [1.54, 1.807) is 12.2 Å². The molecular weight excluding hydrogens is 258 g/mol. The van der Waals surface area contributed by atoms with Gasteiger partial charge in [-0.15, -0.1) is 0 Å². The number of hydrogen-bond acceptors (Lipinski definition) is 4. The van der Waals surface area contributed by atoms with Gasteiger partial charge in [-0.25, -0.2) is 0 Å². The molecule has 20 heavy (non-hydrogen) atoms. The Morgan fingerprint density at radius 3 is 2.90 bits per heavy atom. The Kier molecular flexibility index (Phi) is 5.55. The molecule has 6 nitrogen and oxygen atoms in total. The standard InChI is InChI=1S/C14H23N3O3/c18-15(11-7-13-5-1-3-9-16(13)19)12-8-14-6-2-4-10-17(14)20/h1,3,5,14,18H,2,4,6-12H2/q+2. The van der Waals surface area contributed by atoms with Gasteiger partial charge in [-0.05, 0) is 12.5 Å². The molecule has 2 aliphatic heterocycles. The van der Waals surface area contributed by atoms with E-state index in [4.69, 9.17) is 0 Å². The van der Waals surface area contributed by atoms with E-state index >= 15 is 0 Å². The third-order valence-electron chi connectivity index (χ3n) is 3.94. The lowest BCUT2D eigenvalue weighted by Gasteiger charge is -2.18. The van der Waals surface area contributed by atoms with Gasteiger partial charge in [0.1, 0.15) is 0 Å². The van der Waals surface area contributed by atoms with Crippen molar-refractivity contribution < 1.29 is 14.7 Å². The smallest absolute Gasteiger partial charge is 0.234 e. The summed E-state index contributed by atoms with van der Waals surface area (Å²) in [7, 11) is 0. The molecule has 1 fully saturated rings. The molecule has 0 spiro atoms. The molecule has 110 valence electrons. The first kappa shape index (κ1) is 15.0. The number of nitroso groups, excluding NO2 is 2. The molecule has 0 radical (unpaired) electrons. The van der Waals surface area contributed by atoms with Crippen molar-refractivity contribution in [3.8, 4) is 0 Å². The summed E-state index contributed by atoms with van der Waals surface area (Å²) in [6.45, 7) is 1.89. The average Bonchev–Trinajstić information content (AvgIpc) is 2.45. The molecule has 2 heterocycles. The Balaban J connectivity index is 1.68. The second-order valence-corrected chi connectivity index (χ2v) is 5.43. The Morgan fingerprint density at radius 2 is 2.15 bits per heavy atom. The summed E-state index contributed by atoms with van der Waals surface area (Å²) in [6.07, 6.45) is 9.65. The van der Waals surface area contributed by atoms with E-state index in [1.165, 1.54) is 5.06 Å². The highest BCUT2D eigenvalue weighted by Crippen LogP contribution is 2.15. The molecule has 0 aliphatic carbocycles. The number of piperidine rings is 1. The van der Waals surface area contributed by atoms with Crippen molar-refractivity contribution in [1.29, 1.82) is 0 Å². The van der Waals surface area contributed by atoms with Crippen molar-refractivity contribution in [2.45, 2.75) is 38.1 Å². The summed E-state index contributed by atoms with van der Waals surface area (Å²) in [4.78, 5) is 23.1. The quantitative estimate of drug-likeness (QED) is 0.597. The molecule has 0 aromatic heterocycles. The van der Waals surface area contributed by atoms with Gasteiger partial charge in [0.05, 0.1) is 6.42 Å². The summed E-state index contributed by atoms with van der Waals surface area (Å²) < 4.78 is 2.08. The fourth-order valence-corrected chi connectivity index (χ4v) is 2.66. The number of hydroxylamine groups is 2. The van der Waals surface area contributed by atoms with Crippen molar-refractivity contribution >= 4 is 0 Å². The van der Waals surface area contributed by atoms with E-state index in [0.717, 1.165) is 28.8 Å². The van der Waals surface area contributed by atoms with Crippen molar-refractivity contribution in [2.24, 2.45) is 0 Å². The van der Waals surface area contributed by atoms with Gasteiger partial charge >= 0.3 is 0 Å². The first-order valence-electron chi connectivity index (χ1n) is 7.35. The van der Waals surface area contributed by atoms with Crippen LogP contribution < -0.4 is 0 Å². The Labute approximate surface area is 118 Å². The number of rotatable bonds is 6. The molecule has 6 heteroatoms. The second-order valence-electron chi connectivity index (χ2n) is 5.43. The predicted molar refractivity (Wildman–Crippen MR) is 74.4 cm³/mol. The molecule has 0 amide bonds. The molecular formula is C14H23N3O3+2. The molecule has 1 unspecified atom stereocenters. The zero-order valence-electron chi connectivity index (χ0n) is 11.8. The summed E-state index contributed by atoms with van der Waals surface area (Å²) in [5, 5.41) is 11.0. The van der Waals surface area contributed by atoms with Gasteiger partial charge in [0, 0.05) is 57.8 Å². The maximum absolute atomic E-state index is 11.6. The number of nitrogens with zero attached hydrogens (tertiary/aromatic N) is 3. The van der Waals surface area contributed by atoms with Gasteiger partial charge in [0.2, 0.25) is 18.3 Å². The first-order chi connectivity index (χ1) is 9.66. The zero-order chi connectivity index (χ0) is 14.4. The maximum atomic E-state index is 11.6. The van der Waals surface area contributed by atoms with E-state index in [1.807, 2.05) is 6.08 Å². The summed E-state index contributed by atoms with van der Waals surface area (Å²) in [5.41, 5.74) is 0.690. The van der Waals surface area contributed by atoms with Crippen LogP contribution in [0.1, 0.15) is 32.1 Å². The van der Waals surface area contributed by atoms with E-state index < -0.39 is 0 Å². The van der Waals surface area contributed by atoms with Crippen LogP contribution in [0.15, 0.2) is 23.9 Å². The fourth-order valence-electron chi connectivity index (χ4n) is 2.66. The van der Waals surface area contributed by atoms with Crippen LogP contribution in [0.3, 0.4) is 0 Å². The summed E-state index contributed by atoms with van der Waals surface area (Å²) in [6, 6.07) is 0.0336. The average molecular weight is 281 g/mol. The molecule has 1 N–H and O–H groups in total. The number of hydrogen-bond donors (Lipinski definition) is 1. The minimum atomic E-state index is 0.0336. The molecule has 0 bridgehead atoms. The Morgan fingerprint density at radius 1 is 1.30 bits per heavy atom. The first-order valence-corrected chi connectivity index (χ1v) is 7.35. The predicted octanol–water partition coefficient (Wildman–Crippen LogP) is 2.02. The molecule has 0 saturated carbocycles. The van der Waals surface area contributed by atoms with Crippen molar-refractivity contribution in [2.75, 3.05) is 26.2 Å². The van der Waals surface area contributed by atoms with E-state index in [-0.39, 0.29) is 6.04 Å². The van der Waals surface area contributed by atoms with Crippen LogP contribution in [0.25, 0.3) is 0 Å². The van der Waals surface area contributed by atoms with Crippen molar-refractivity contribution in [3.63, 3.8) is 0 Å². The fraction of sp³-hybridized carbons (Fsp3) is 0.714. The van der Waals surface area contributed by atoms with Crippen LogP contribution in [0.4, 0.5) is 0 Å². The number of allylic oxidation sites excluding steroid dienone is 2. The Bertz CT molecular complexity index is 431. The molecule has 0 aromatic rings. The van der Waals surface area contributed by atoms with Gasteiger partial charge in [-0.3, -0.25) is 0 Å². The van der Waals surface area contributed by atoms with Gasteiger partial charge in [-0.1, -0.05) is 6.08 Å². The SMILES string of the molecule is O=[N+]1CC=CC=C1CCN(O)CCC1CCCC[N+]1=O. The largest absolute Gasteiger partial charge is 0.314 e. The molecule has 1 atom stereocenters. The van der Waals surface area contributed by atoms with Crippen LogP contribution in [0.5, 0.6) is 0 Å². The van der Waals surface area contributed by atoms with Gasteiger partial charge in [0.15, 0.2) is 6.54 Å². The van der Waals surface area contributed by atoms with Crippen molar-refractivity contribution in [3.05, 3.63) is 33.7 Å². The lowest BCUT2D eigenvalue weighted by molar-refractivity contribution is -0.596. The third-order valence-corrected chi connectivity index (χ3v) is 3.94. The van der Waals surface area contributed by atoms with E-state index in [0.29, 0.717) is 44.7 Å². The van der Waals surface area contributed by atoms with Crippen LogP contribution in [-0.4, -0.2) is 52.0 Å². The van der Waals surface area contributed by atoms with E-state index in [2.05, 4.69) is 0 Å². The van der Waals surface area contributed by atoms with Crippen molar-refractivity contribution in [1.82, 2.24) is 5.06 Å². The minimum Gasteiger partial charge on any atom is -0.314 e. The second kappa shape index (κ2) is 7.40. The molecule has 0 aromatic carbocycles. The lowest BCUT2D eigenvalue weighted by atomic mass is 10.0. The van der Waals surface area contributed by atoms with Crippen LogP contribution >= 0.6 is 0 Å². The van der Waals surface area contributed by atoms with Crippen LogP contribution in [0, 0.1) is 9.81 Å². The van der Waals surface area contributed by atoms with E-state index in [9.17, 15) is 15.0 Å². The van der Waals surface area contributed by atoms with Gasteiger partial charge < -0.3 is 5.21 Å². The molecule has 2 rings (SSSR count). The highest BCUT2D eigenvalue weighted by Gasteiger charge is 2.29. The van der Waals surface area contributed by atoms with Crippen LogP contribution in [-0.2, 0) is 0 Å². The zero-order valence-corrected chi connectivity index (χ0v) is 11.8.